The number of piperidine rings is 1. The SMILES string of the molecule is O=C(NC(=O)N1CCC(Cc2cccc(F)c2)CC1)c1ccc(O)cc1. The molecule has 1 aliphatic heterocycles. The molecule has 3 rings (SSSR count). The molecule has 2 aromatic carbocycles. The summed E-state index contributed by atoms with van der Waals surface area (Å²) in [5.74, 6) is -0.258. The van der Waals surface area contributed by atoms with Crippen LogP contribution < -0.4 is 5.32 Å². The normalized spacial score (nSPS) is 14.9. The molecule has 0 spiro atoms. The molecule has 0 saturated carbocycles. The number of hydrogen-bond donors (Lipinski definition) is 2. The quantitative estimate of drug-likeness (QED) is 0.886. The van der Waals surface area contributed by atoms with Crippen molar-refractivity contribution in [2.24, 2.45) is 5.92 Å². The van der Waals surface area contributed by atoms with E-state index in [0.717, 1.165) is 24.8 Å². The number of phenolic OH excluding ortho intramolecular Hbond substituents is 1. The molecule has 3 amide bonds. The topological polar surface area (TPSA) is 69.6 Å². The second kappa shape index (κ2) is 7.99. The van der Waals surface area contributed by atoms with Gasteiger partial charge in [-0.05, 0) is 67.1 Å². The van der Waals surface area contributed by atoms with Crippen molar-refractivity contribution < 1.29 is 19.1 Å². The van der Waals surface area contributed by atoms with Crippen molar-refractivity contribution >= 4 is 11.9 Å². The second-order valence-electron chi connectivity index (χ2n) is 6.57. The molecule has 1 saturated heterocycles. The lowest BCUT2D eigenvalue weighted by atomic mass is 9.90. The number of carbonyl (C=O) groups is 2. The molecule has 0 aliphatic carbocycles. The first-order valence-electron chi connectivity index (χ1n) is 8.65. The van der Waals surface area contributed by atoms with Gasteiger partial charge in [-0.1, -0.05) is 12.1 Å². The number of nitrogens with zero attached hydrogens (tertiary/aromatic N) is 1. The summed E-state index contributed by atoms with van der Waals surface area (Å²) >= 11 is 0. The largest absolute Gasteiger partial charge is 0.508 e. The number of rotatable bonds is 3. The highest BCUT2D eigenvalue weighted by Crippen LogP contribution is 2.22. The Kier molecular flexibility index (Phi) is 5.51. The minimum atomic E-state index is -0.489. The van der Waals surface area contributed by atoms with Crippen LogP contribution >= 0.6 is 0 Å². The Hall–Kier alpha value is -2.89. The highest BCUT2D eigenvalue weighted by molar-refractivity contribution is 6.04. The molecule has 6 heteroatoms. The van der Waals surface area contributed by atoms with Crippen molar-refractivity contribution in [3.63, 3.8) is 0 Å². The number of imide groups is 1. The lowest BCUT2D eigenvalue weighted by Crippen LogP contribution is -2.46. The van der Waals surface area contributed by atoms with E-state index >= 15 is 0 Å². The molecule has 2 aromatic rings. The molecule has 0 bridgehead atoms. The van der Waals surface area contributed by atoms with Crippen LogP contribution in [-0.2, 0) is 6.42 Å². The molecule has 0 unspecified atom stereocenters. The van der Waals surface area contributed by atoms with Gasteiger partial charge >= 0.3 is 6.03 Å². The summed E-state index contributed by atoms with van der Waals surface area (Å²) in [6.45, 7) is 1.13. The Balaban J connectivity index is 1.48. The predicted molar refractivity (Wildman–Crippen MR) is 95.4 cm³/mol. The van der Waals surface area contributed by atoms with Crippen LogP contribution in [0.1, 0.15) is 28.8 Å². The molecular formula is C20H21FN2O3. The van der Waals surface area contributed by atoms with Gasteiger partial charge in [0, 0.05) is 18.7 Å². The predicted octanol–water partition coefficient (Wildman–Crippen LogP) is 3.34. The van der Waals surface area contributed by atoms with Crippen LogP contribution in [0.2, 0.25) is 0 Å². The Bertz CT molecular complexity index is 784. The van der Waals surface area contributed by atoms with Crippen molar-refractivity contribution in [2.45, 2.75) is 19.3 Å². The van der Waals surface area contributed by atoms with E-state index in [0.29, 0.717) is 24.6 Å². The number of urea groups is 1. The van der Waals surface area contributed by atoms with Crippen molar-refractivity contribution in [2.75, 3.05) is 13.1 Å². The van der Waals surface area contributed by atoms with E-state index in [4.69, 9.17) is 0 Å². The maximum Gasteiger partial charge on any atom is 0.324 e. The van der Waals surface area contributed by atoms with Crippen LogP contribution in [0.15, 0.2) is 48.5 Å². The minimum absolute atomic E-state index is 0.0632. The first-order valence-corrected chi connectivity index (χ1v) is 8.65. The van der Waals surface area contributed by atoms with Gasteiger partial charge in [-0.2, -0.15) is 0 Å². The number of aromatic hydroxyl groups is 1. The fourth-order valence-corrected chi connectivity index (χ4v) is 3.20. The Morgan fingerprint density at radius 1 is 1.12 bits per heavy atom. The molecule has 0 radical (unpaired) electrons. The molecule has 1 fully saturated rings. The molecule has 1 heterocycles. The summed E-state index contributed by atoms with van der Waals surface area (Å²) in [5.41, 5.74) is 1.28. The van der Waals surface area contributed by atoms with Gasteiger partial charge in [0.2, 0.25) is 0 Å². The summed E-state index contributed by atoms with van der Waals surface area (Å²) in [6.07, 6.45) is 2.42. The van der Waals surface area contributed by atoms with Crippen molar-refractivity contribution in [1.82, 2.24) is 10.2 Å². The number of likely N-dealkylation sites (tertiary alicyclic amines) is 1. The van der Waals surface area contributed by atoms with Gasteiger partial charge in [-0.3, -0.25) is 10.1 Å². The zero-order valence-corrected chi connectivity index (χ0v) is 14.3. The third-order valence-electron chi connectivity index (χ3n) is 4.67. The lowest BCUT2D eigenvalue weighted by Gasteiger charge is -2.31. The summed E-state index contributed by atoms with van der Waals surface area (Å²) in [4.78, 5) is 25.9. The summed E-state index contributed by atoms with van der Waals surface area (Å²) in [5, 5.41) is 11.6. The molecule has 2 N–H and O–H groups in total. The highest BCUT2D eigenvalue weighted by atomic mass is 19.1. The number of amides is 3. The third kappa shape index (κ3) is 4.59. The number of nitrogens with one attached hydrogen (secondary N) is 1. The van der Waals surface area contributed by atoms with Crippen LogP contribution in [0.25, 0.3) is 0 Å². The van der Waals surface area contributed by atoms with Crippen molar-refractivity contribution in [1.29, 1.82) is 0 Å². The van der Waals surface area contributed by atoms with E-state index in [1.807, 2.05) is 6.07 Å². The number of hydrogen-bond acceptors (Lipinski definition) is 3. The minimum Gasteiger partial charge on any atom is -0.508 e. The van der Waals surface area contributed by atoms with Gasteiger partial charge < -0.3 is 10.0 Å². The van der Waals surface area contributed by atoms with Gasteiger partial charge in [-0.15, -0.1) is 0 Å². The summed E-state index contributed by atoms with van der Waals surface area (Å²) < 4.78 is 13.3. The van der Waals surface area contributed by atoms with E-state index in [1.165, 1.54) is 30.3 Å². The molecule has 26 heavy (non-hydrogen) atoms. The van der Waals surface area contributed by atoms with Crippen LogP contribution in [0.4, 0.5) is 9.18 Å². The summed E-state index contributed by atoms with van der Waals surface area (Å²) in [7, 11) is 0. The Morgan fingerprint density at radius 3 is 2.46 bits per heavy atom. The Labute approximate surface area is 151 Å². The van der Waals surface area contributed by atoms with Crippen LogP contribution in [0.3, 0.4) is 0 Å². The van der Waals surface area contributed by atoms with E-state index in [-0.39, 0.29) is 11.6 Å². The standard InChI is InChI=1S/C20H21FN2O3/c21-17-3-1-2-15(13-17)12-14-8-10-23(11-9-14)20(26)22-19(25)16-4-6-18(24)7-5-16/h1-7,13-14,24H,8-12H2,(H,22,25,26). The molecule has 136 valence electrons. The smallest absolute Gasteiger partial charge is 0.324 e. The van der Waals surface area contributed by atoms with E-state index in [1.54, 1.807) is 17.0 Å². The number of halogens is 1. The van der Waals surface area contributed by atoms with Crippen LogP contribution in [-0.4, -0.2) is 35.0 Å². The molecule has 0 aromatic heterocycles. The average Bonchev–Trinajstić information content (AvgIpc) is 2.63. The van der Waals surface area contributed by atoms with Crippen LogP contribution in [0.5, 0.6) is 5.75 Å². The van der Waals surface area contributed by atoms with E-state index in [2.05, 4.69) is 5.32 Å². The lowest BCUT2D eigenvalue weighted by molar-refractivity contribution is 0.0945. The zero-order valence-electron chi connectivity index (χ0n) is 14.3. The maximum atomic E-state index is 13.3. The number of benzene rings is 2. The van der Waals surface area contributed by atoms with Crippen molar-refractivity contribution in [3.05, 3.63) is 65.5 Å². The fraction of sp³-hybridized carbons (Fsp3) is 0.300. The van der Waals surface area contributed by atoms with Crippen LogP contribution in [0, 0.1) is 11.7 Å². The monoisotopic (exact) mass is 356 g/mol. The van der Waals surface area contributed by atoms with Gasteiger partial charge in [0.25, 0.3) is 5.91 Å². The van der Waals surface area contributed by atoms with E-state index in [9.17, 15) is 19.1 Å². The Morgan fingerprint density at radius 2 is 1.81 bits per heavy atom. The van der Waals surface area contributed by atoms with Gasteiger partial charge in [0.05, 0.1) is 0 Å². The zero-order chi connectivity index (χ0) is 18.5. The average molecular weight is 356 g/mol. The van der Waals surface area contributed by atoms with Gasteiger partial charge in [0.15, 0.2) is 0 Å². The highest BCUT2D eigenvalue weighted by Gasteiger charge is 2.24. The molecule has 1 aliphatic rings. The summed E-state index contributed by atoms with van der Waals surface area (Å²) in [6, 6.07) is 11.9. The first-order chi connectivity index (χ1) is 12.5. The fourth-order valence-electron chi connectivity index (χ4n) is 3.20. The van der Waals surface area contributed by atoms with Gasteiger partial charge in [-0.25, -0.2) is 9.18 Å². The van der Waals surface area contributed by atoms with Gasteiger partial charge in [0.1, 0.15) is 11.6 Å². The number of phenols is 1. The van der Waals surface area contributed by atoms with Crippen molar-refractivity contribution in [3.8, 4) is 5.75 Å². The number of carbonyl (C=O) groups excluding carboxylic acids is 2. The first kappa shape index (κ1) is 17.9. The van der Waals surface area contributed by atoms with E-state index < -0.39 is 11.9 Å². The second-order valence-corrected chi connectivity index (χ2v) is 6.57. The molecular weight excluding hydrogens is 335 g/mol. The molecule has 0 atom stereocenters. The molecule has 5 nitrogen and oxygen atoms in total. The third-order valence-corrected chi connectivity index (χ3v) is 4.67. The maximum absolute atomic E-state index is 13.3.